The average molecular weight is 367 g/mol. The van der Waals surface area contributed by atoms with Gasteiger partial charge in [-0.15, -0.1) is 0 Å². The van der Waals surface area contributed by atoms with E-state index >= 15 is 0 Å². The van der Waals surface area contributed by atoms with E-state index in [0.29, 0.717) is 6.42 Å². The van der Waals surface area contributed by atoms with Gasteiger partial charge >= 0.3 is 0 Å². The Bertz CT molecular complexity index is 311. The van der Waals surface area contributed by atoms with Gasteiger partial charge in [-0.05, 0) is 12.8 Å². The molecular weight excluding hydrogens is 320 g/mol. The van der Waals surface area contributed by atoms with Crippen molar-refractivity contribution in [3.63, 3.8) is 0 Å². The van der Waals surface area contributed by atoms with Crippen molar-refractivity contribution in [1.29, 1.82) is 0 Å². The number of aldehydes is 1. The van der Waals surface area contributed by atoms with Crippen LogP contribution < -0.4 is 0 Å². The van der Waals surface area contributed by atoms with Crippen LogP contribution in [0.15, 0.2) is 0 Å². The van der Waals surface area contributed by atoms with Crippen molar-refractivity contribution in [2.45, 2.75) is 136 Å². The molecule has 0 saturated heterocycles. The van der Waals surface area contributed by atoms with Crippen molar-refractivity contribution in [3.05, 3.63) is 0 Å². The van der Waals surface area contributed by atoms with Crippen LogP contribution in [-0.4, -0.2) is 12.1 Å². The minimum Gasteiger partial charge on any atom is -0.303 e. The van der Waals surface area contributed by atoms with Gasteiger partial charge in [0.2, 0.25) is 0 Å². The normalized spacial score (nSPS) is 12.2. The second kappa shape index (κ2) is 20.6. The van der Waals surface area contributed by atoms with Crippen LogP contribution in [0.1, 0.15) is 136 Å². The number of carbonyl (C=O) groups excluding carboxylic acids is 2. The molecule has 154 valence electrons. The highest BCUT2D eigenvalue weighted by molar-refractivity contribution is 5.93. The summed E-state index contributed by atoms with van der Waals surface area (Å²) in [7, 11) is 0. The highest BCUT2D eigenvalue weighted by Gasteiger charge is 2.16. The van der Waals surface area contributed by atoms with E-state index in [0.717, 1.165) is 32.0 Å². The van der Waals surface area contributed by atoms with E-state index in [2.05, 4.69) is 13.8 Å². The number of unbranched alkanes of at least 4 members (excludes halogenated alkanes) is 15. The van der Waals surface area contributed by atoms with E-state index < -0.39 is 0 Å². The van der Waals surface area contributed by atoms with E-state index in [-0.39, 0.29) is 11.7 Å². The molecule has 0 aromatic carbocycles. The van der Waals surface area contributed by atoms with Crippen molar-refractivity contribution in [2.75, 3.05) is 0 Å². The van der Waals surface area contributed by atoms with Gasteiger partial charge in [-0.1, -0.05) is 117 Å². The van der Waals surface area contributed by atoms with Crippen LogP contribution in [0.25, 0.3) is 0 Å². The van der Waals surface area contributed by atoms with Gasteiger partial charge in [0.05, 0.1) is 5.92 Å². The molecule has 0 rings (SSSR count). The van der Waals surface area contributed by atoms with Crippen molar-refractivity contribution in [1.82, 2.24) is 0 Å². The molecule has 0 aliphatic carbocycles. The van der Waals surface area contributed by atoms with E-state index in [4.69, 9.17) is 0 Å². The summed E-state index contributed by atoms with van der Waals surface area (Å²) in [5.74, 6) is -0.143. The summed E-state index contributed by atoms with van der Waals surface area (Å²) in [6.07, 6.45) is 23.7. The lowest BCUT2D eigenvalue weighted by molar-refractivity contribution is -0.127. The van der Waals surface area contributed by atoms with Crippen LogP contribution in [0.3, 0.4) is 0 Å². The fraction of sp³-hybridized carbons (Fsp3) is 0.917. The molecule has 0 aromatic rings. The molecule has 0 saturated carbocycles. The number of hydrogen-bond acceptors (Lipinski definition) is 2. The van der Waals surface area contributed by atoms with Gasteiger partial charge in [0.15, 0.2) is 0 Å². The molecule has 0 aliphatic rings. The van der Waals surface area contributed by atoms with Gasteiger partial charge in [-0.25, -0.2) is 0 Å². The Morgan fingerprint density at radius 2 is 1.00 bits per heavy atom. The van der Waals surface area contributed by atoms with Crippen LogP contribution in [0.4, 0.5) is 0 Å². The maximum absolute atomic E-state index is 12.2. The highest BCUT2D eigenvalue weighted by Crippen LogP contribution is 2.16. The van der Waals surface area contributed by atoms with E-state index in [1.165, 1.54) is 89.9 Å². The Morgan fingerprint density at radius 3 is 1.42 bits per heavy atom. The zero-order valence-corrected chi connectivity index (χ0v) is 17.9. The molecule has 0 heterocycles. The van der Waals surface area contributed by atoms with Gasteiger partial charge in [-0.2, -0.15) is 0 Å². The summed E-state index contributed by atoms with van der Waals surface area (Å²) >= 11 is 0. The maximum Gasteiger partial charge on any atom is 0.143 e. The number of ketones is 1. The highest BCUT2D eigenvalue weighted by atomic mass is 16.1. The Kier molecular flexibility index (Phi) is 20.1. The van der Waals surface area contributed by atoms with Crippen molar-refractivity contribution in [3.8, 4) is 0 Å². The molecule has 0 fully saturated rings. The fourth-order valence-electron chi connectivity index (χ4n) is 3.60. The lowest BCUT2D eigenvalue weighted by Gasteiger charge is -2.09. The van der Waals surface area contributed by atoms with Crippen molar-refractivity contribution >= 4 is 12.1 Å². The third kappa shape index (κ3) is 16.8. The first-order valence-corrected chi connectivity index (χ1v) is 11.7. The molecule has 1 unspecified atom stereocenters. The van der Waals surface area contributed by atoms with Crippen LogP contribution >= 0.6 is 0 Å². The minimum atomic E-state index is -0.330. The van der Waals surface area contributed by atoms with E-state index in [9.17, 15) is 9.59 Å². The standard InChI is InChI=1S/C24H46O2/c1-3-5-7-9-11-13-15-17-19-21-24(26)23(22-25)20-18-16-14-12-10-8-6-4-2/h22-23H,3-21H2,1-2H3. The number of Topliss-reactive ketones (excluding diaryl/α,β-unsaturated/α-hetero) is 1. The molecule has 2 heteroatoms. The maximum atomic E-state index is 12.2. The molecule has 0 spiro atoms. The first-order chi connectivity index (χ1) is 12.8. The largest absolute Gasteiger partial charge is 0.303 e. The first kappa shape index (κ1) is 25.3. The third-order valence-electron chi connectivity index (χ3n) is 5.47. The van der Waals surface area contributed by atoms with Gasteiger partial charge in [-0.3, -0.25) is 4.79 Å². The van der Waals surface area contributed by atoms with Crippen LogP contribution in [0.2, 0.25) is 0 Å². The predicted molar refractivity (Wildman–Crippen MR) is 114 cm³/mol. The molecule has 0 radical (unpaired) electrons. The summed E-state index contributed by atoms with van der Waals surface area (Å²) in [5.41, 5.74) is 0. The number of carbonyl (C=O) groups is 2. The second-order valence-corrected chi connectivity index (χ2v) is 8.05. The Hall–Kier alpha value is -0.660. The zero-order valence-electron chi connectivity index (χ0n) is 17.9. The monoisotopic (exact) mass is 366 g/mol. The van der Waals surface area contributed by atoms with Crippen molar-refractivity contribution < 1.29 is 9.59 Å². The molecule has 0 N–H and O–H groups in total. The number of hydrogen-bond donors (Lipinski definition) is 0. The second-order valence-electron chi connectivity index (χ2n) is 8.05. The first-order valence-electron chi connectivity index (χ1n) is 11.7. The molecule has 26 heavy (non-hydrogen) atoms. The summed E-state index contributed by atoms with van der Waals surface area (Å²) in [6, 6.07) is 0. The van der Waals surface area contributed by atoms with Crippen LogP contribution in [0, 0.1) is 5.92 Å². The summed E-state index contributed by atoms with van der Waals surface area (Å²) in [4.78, 5) is 23.4. The minimum absolute atomic E-state index is 0.186. The van der Waals surface area contributed by atoms with Gasteiger partial charge in [0, 0.05) is 6.42 Å². The molecular formula is C24H46O2. The Morgan fingerprint density at radius 1 is 0.615 bits per heavy atom. The molecule has 0 aliphatic heterocycles. The Balaban J connectivity index is 3.51. The van der Waals surface area contributed by atoms with Gasteiger partial charge < -0.3 is 4.79 Å². The SMILES string of the molecule is CCCCCCCCCCCC(=O)C(C=O)CCCCCCCCCC. The number of rotatable bonds is 21. The van der Waals surface area contributed by atoms with Crippen LogP contribution in [0.5, 0.6) is 0 Å². The fourth-order valence-corrected chi connectivity index (χ4v) is 3.60. The van der Waals surface area contributed by atoms with Crippen LogP contribution in [-0.2, 0) is 9.59 Å². The smallest absolute Gasteiger partial charge is 0.143 e. The van der Waals surface area contributed by atoms with Gasteiger partial charge in [0.1, 0.15) is 12.1 Å². The zero-order chi connectivity index (χ0) is 19.3. The quantitative estimate of drug-likeness (QED) is 0.118. The van der Waals surface area contributed by atoms with Gasteiger partial charge in [0.25, 0.3) is 0 Å². The molecule has 2 nitrogen and oxygen atoms in total. The van der Waals surface area contributed by atoms with Crippen molar-refractivity contribution in [2.24, 2.45) is 5.92 Å². The molecule has 0 bridgehead atoms. The summed E-state index contributed by atoms with van der Waals surface area (Å²) < 4.78 is 0. The predicted octanol–water partition coefficient (Wildman–Crippen LogP) is 7.82. The molecule has 0 amide bonds. The van der Waals surface area contributed by atoms with E-state index in [1.54, 1.807) is 0 Å². The summed E-state index contributed by atoms with van der Waals surface area (Å²) in [5, 5.41) is 0. The van der Waals surface area contributed by atoms with E-state index in [1.807, 2.05) is 0 Å². The lowest BCUT2D eigenvalue weighted by Crippen LogP contribution is -2.15. The summed E-state index contributed by atoms with van der Waals surface area (Å²) in [6.45, 7) is 4.49. The Labute approximate surface area is 163 Å². The topological polar surface area (TPSA) is 34.1 Å². The lowest BCUT2D eigenvalue weighted by atomic mass is 9.94. The average Bonchev–Trinajstić information content (AvgIpc) is 2.65. The molecule has 0 aromatic heterocycles. The third-order valence-corrected chi connectivity index (χ3v) is 5.47. The molecule has 1 atom stereocenters.